The van der Waals surface area contributed by atoms with Gasteiger partial charge in [0.15, 0.2) is 0 Å². The van der Waals surface area contributed by atoms with Crippen LogP contribution in [-0.4, -0.2) is 23.0 Å². The van der Waals surface area contributed by atoms with Gasteiger partial charge in [0.25, 0.3) is 0 Å². The molecule has 2 heterocycles. The Morgan fingerprint density at radius 1 is 1.57 bits per heavy atom. The molecule has 0 amide bonds. The minimum atomic E-state index is 0.598. The highest BCUT2D eigenvalue weighted by molar-refractivity contribution is 9.10. The third-order valence-electron chi connectivity index (χ3n) is 2.90. The predicted octanol–water partition coefficient (Wildman–Crippen LogP) is 3.00. The number of rotatable bonds is 2. The van der Waals surface area contributed by atoms with Gasteiger partial charge in [-0.15, -0.1) is 0 Å². The average Bonchev–Trinajstić information content (AvgIpc) is 2.67. The van der Waals surface area contributed by atoms with Gasteiger partial charge in [0.1, 0.15) is 4.60 Å². The number of aromatic nitrogens is 1. The standard InChI is InChI=1S/C11H15BrN2/c1-2-14-7-3-4-10(14)9-5-6-11(12)13-8-9/h5-6,8,10H,2-4,7H2,1H3/t10-/m1/s1. The molecule has 0 radical (unpaired) electrons. The first-order chi connectivity index (χ1) is 6.81. The first-order valence-electron chi connectivity index (χ1n) is 5.16. The van der Waals surface area contributed by atoms with Gasteiger partial charge in [0.2, 0.25) is 0 Å². The molecule has 2 rings (SSSR count). The van der Waals surface area contributed by atoms with E-state index in [1.165, 1.54) is 24.9 Å². The lowest BCUT2D eigenvalue weighted by Crippen LogP contribution is -2.22. The fourth-order valence-corrected chi connectivity index (χ4v) is 2.40. The number of pyridine rings is 1. The normalized spacial score (nSPS) is 22.9. The largest absolute Gasteiger partial charge is 0.297 e. The van der Waals surface area contributed by atoms with E-state index in [0.29, 0.717) is 6.04 Å². The molecule has 1 aromatic rings. The van der Waals surface area contributed by atoms with Crippen molar-refractivity contribution in [3.05, 3.63) is 28.5 Å². The van der Waals surface area contributed by atoms with Crippen LogP contribution in [0, 0.1) is 0 Å². The summed E-state index contributed by atoms with van der Waals surface area (Å²) in [6.07, 6.45) is 4.58. The lowest BCUT2D eigenvalue weighted by Gasteiger charge is -2.22. The Hall–Kier alpha value is -0.410. The lowest BCUT2D eigenvalue weighted by atomic mass is 10.1. The van der Waals surface area contributed by atoms with Crippen LogP contribution in [0.2, 0.25) is 0 Å². The van der Waals surface area contributed by atoms with Crippen LogP contribution in [0.5, 0.6) is 0 Å². The van der Waals surface area contributed by atoms with Crippen molar-refractivity contribution in [3.8, 4) is 0 Å². The van der Waals surface area contributed by atoms with Crippen molar-refractivity contribution in [2.75, 3.05) is 13.1 Å². The van der Waals surface area contributed by atoms with Gasteiger partial charge in [-0.05, 0) is 53.5 Å². The second-order valence-corrected chi connectivity index (χ2v) is 4.51. The smallest absolute Gasteiger partial charge is 0.106 e. The van der Waals surface area contributed by atoms with Gasteiger partial charge in [-0.25, -0.2) is 4.98 Å². The maximum absolute atomic E-state index is 4.28. The molecule has 0 aromatic carbocycles. The molecule has 3 heteroatoms. The summed E-state index contributed by atoms with van der Waals surface area (Å²) in [5, 5.41) is 0. The molecule has 2 nitrogen and oxygen atoms in total. The zero-order valence-electron chi connectivity index (χ0n) is 8.41. The highest BCUT2D eigenvalue weighted by atomic mass is 79.9. The Bertz CT molecular complexity index is 297. The first-order valence-corrected chi connectivity index (χ1v) is 5.96. The van der Waals surface area contributed by atoms with Crippen LogP contribution in [0.25, 0.3) is 0 Å². The van der Waals surface area contributed by atoms with E-state index >= 15 is 0 Å². The molecule has 14 heavy (non-hydrogen) atoms. The van der Waals surface area contributed by atoms with Gasteiger partial charge in [-0.3, -0.25) is 4.90 Å². The van der Waals surface area contributed by atoms with Crippen molar-refractivity contribution in [2.45, 2.75) is 25.8 Å². The summed E-state index contributed by atoms with van der Waals surface area (Å²) in [7, 11) is 0. The maximum Gasteiger partial charge on any atom is 0.106 e. The van der Waals surface area contributed by atoms with E-state index in [0.717, 1.165) is 11.1 Å². The molecule has 1 saturated heterocycles. The molecule has 0 aliphatic carbocycles. The van der Waals surface area contributed by atoms with Crippen LogP contribution in [0.3, 0.4) is 0 Å². The van der Waals surface area contributed by atoms with Crippen LogP contribution >= 0.6 is 15.9 Å². The van der Waals surface area contributed by atoms with Crippen molar-refractivity contribution in [1.82, 2.24) is 9.88 Å². The third-order valence-corrected chi connectivity index (χ3v) is 3.37. The number of hydrogen-bond donors (Lipinski definition) is 0. The van der Waals surface area contributed by atoms with Crippen molar-refractivity contribution in [3.63, 3.8) is 0 Å². The first kappa shape index (κ1) is 10.1. The summed E-state index contributed by atoms with van der Waals surface area (Å²) < 4.78 is 0.919. The molecule has 76 valence electrons. The molecule has 0 spiro atoms. The van der Waals surface area contributed by atoms with E-state index < -0.39 is 0 Å². The molecule has 1 atom stereocenters. The maximum atomic E-state index is 4.28. The van der Waals surface area contributed by atoms with Crippen molar-refractivity contribution in [2.24, 2.45) is 0 Å². The molecule has 0 N–H and O–H groups in total. The van der Waals surface area contributed by atoms with E-state index in [4.69, 9.17) is 0 Å². The minimum Gasteiger partial charge on any atom is -0.297 e. The van der Waals surface area contributed by atoms with Gasteiger partial charge >= 0.3 is 0 Å². The summed E-state index contributed by atoms with van der Waals surface area (Å²) >= 11 is 3.36. The van der Waals surface area contributed by atoms with Crippen LogP contribution in [-0.2, 0) is 0 Å². The van der Waals surface area contributed by atoms with Gasteiger partial charge in [-0.1, -0.05) is 13.0 Å². The SMILES string of the molecule is CCN1CCC[C@@H]1c1ccc(Br)nc1. The molecular weight excluding hydrogens is 240 g/mol. The molecule has 0 bridgehead atoms. The van der Waals surface area contributed by atoms with Crippen LogP contribution in [0.4, 0.5) is 0 Å². The highest BCUT2D eigenvalue weighted by Gasteiger charge is 2.24. The molecular formula is C11H15BrN2. The molecule has 1 aliphatic heterocycles. The Labute approximate surface area is 93.5 Å². The zero-order chi connectivity index (χ0) is 9.97. The topological polar surface area (TPSA) is 16.1 Å². The zero-order valence-corrected chi connectivity index (χ0v) is 10.00. The lowest BCUT2D eigenvalue weighted by molar-refractivity contribution is 0.271. The van der Waals surface area contributed by atoms with Crippen molar-refractivity contribution >= 4 is 15.9 Å². The number of nitrogens with zero attached hydrogens (tertiary/aromatic N) is 2. The van der Waals surface area contributed by atoms with E-state index in [-0.39, 0.29) is 0 Å². The second-order valence-electron chi connectivity index (χ2n) is 3.70. The Morgan fingerprint density at radius 3 is 3.07 bits per heavy atom. The summed E-state index contributed by atoms with van der Waals surface area (Å²) in [4.78, 5) is 6.80. The Morgan fingerprint density at radius 2 is 2.43 bits per heavy atom. The third kappa shape index (κ3) is 1.98. The molecule has 1 aliphatic rings. The van der Waals surface area contributed by atoms with E-state index in [1.54, 1.807) is 0 Å². The molecule has 1 fully saturated rings. The van der Waals surface area contributed by atoms with Crippen molar-refractivity contribution < 1.29 is 0 Å². The monoisotopic (exact) mass is 254 g/mol. The van der Waals surface area contributed by atoms with Gasteiger partial charge in [0, 0.05) is 12.2 Å². The molecule has 0 unspecified atom stereocenters. The second kappa shape index (κ2) is 4.41. The Balaban J connectivity index is 2.17. The average molecular weight is 255 g/mol. The van der Waals surface area contributed by atoms with Crippen LogP contribution < -0.4 is 0 Å². The fraction of sp³-hybridized carbons (Fsp3) is 0.545. The highest BCUT2D eigenvalue weighted by Crippen LogP contribution is 2.31. The summed E-state index contributed by atoms with van der Waals surface area (Å²) in [5.41, 5.74) is 1.35. The van der Waals surface area contributed by atoms with Gasteiger partial charge in [0.05, 0.1) is 0 Å². The van der Waals surface area contributed by atoms with Gasteiger partial charge in [-0.2, -0.15) is 0 Å². The van der Waals surface area contributed by atoms with Crippen LogP contribution in [0.15, 0.2) is 22.9 Å². The predicted molar refractivity (Wildman–Crippen MR) is 61.2 cm³/mol. The summed E-state index contributed by atoms with van der Waals surface area (Å²) in [5.74, 6) is 0. The number of halogens is 1. The summed E-state index contributed by atoms with van der Waals surface area (Å²) in [6, 6.07) is 4.80. The Kier molecular flexibility index (Phi) is 3.19. The molecule has 0 saturated carbocycles. The van der Waals surface area contributed by atoms with E-state index in [2.05, 4.69) is 38.8 Å². The minimum absolute atomic E-state index is 0.598. The quantitative estimate of drug-likeness (QED) is 0.755. The molecule has 1 aromatic heterocycles. The fourth-order valence-electron chi connectivity index (χ4n) is 2.17. The van der Waals surface area contributed by atoms with E-state index in [9.17, 15) is 0 Å². The van der Waals surface area contributed by atoms with Gasteiger partial charge < -0.3 is 0 Å². The number of hydrogen-bond acceptors (Lipinski definition) is 2. The van der Waals surface area contributed by atoms with E-state index in [1.807, 2.05) is 12.3 Å². The van der Waals surface area contributed by atoms with Crippen molar-refractivity contribution in [1.29, 1.82) is 0 Å². The number of likely N-dealkylation sites (tertiary alicyclic amines) is 1. The summed E-state index contributed by atoms with van der Waals surface area (Å²) in [6.45, 7) is 4.60. The van der Waals surface area contributed by atoms with Crippen LogP contribution in [0.1, 0.15) is 31.4 Å².